The summed E-state index contributed by atoms with van der Waals surface area (Å²) in [5.74, 6) is -1.43. The molecule has 0 bridgehead atoms. The summed E-state index contributed by atoms with van der Waals surface area (Å²) >= 11 is 0. The fourth-order valence-electron chi connectivity index (χ4n) is 2.19. The molecule has 19 heavy (non-hydrogen) atoms. The molecule has 1 aromatic carbocycles. The van der Waals surface area contributed by atoms with Crippen molar-refractivity contribution in [3.05, 3.63) is 34.6 Å². The van der Waals surface area contributed by atoms with Crippen LogP contribution in [0.3, 0.4) is 0 Å². The first kappa shape index (κ1) is 13.5. The summed E-state index contributed by atoms with van der Waals surface area (Å²) in [7, 11) is 2.56. The summed E-state index contributed by atoms with van der Waals surface area (Å²) in [5.41, 5.74) is 1.62. The summed E-state index contributed by atoms with van der Waals surface area (Å²) < 4.78 is 22.7. The van der Waals surface area contributed by atoms with E-state index in [0.29, 0.717) is 24.2 Å². The van der Waals surface area contributed by atoms with Gasteiger partial charge in [-0.15, -0.1) is 0 Å². The van der Waals surface area contributed by atoms with Crippen molar-refractivity contribution in [2.45, 2.75) is 13.1 Å². The smallest absolute Gasteiger partial charge is 0.338 e. The summed E-state index contributed by atoms with van der Waals surface area (Å²) in [6.07, 6.45) is 0. The lowest BCUT2D eigenvalue weighted by Crippen LogP contribution is -2.25. The lowest BCUT2D eigenvalue weighted by molar-refractivity contribution is -0.142. The molecule has 0 radical (unpaired) electrons. The second-order valence-corrected chi connectivity index (χ2v) is 4.30. The number of ether oxygens (including phenoxy) is 2. The van der Waals surface area contributed by atoms with Crippen molar-refractivity contribution in [3.63, 3.8) is 0 Å². The van der Waals surface area contributed by atoms with Crippen LogP contribution < -0.4 is 0 Å². The van der Waals surface area contributed by atoms with E-state index in [2.05, 4.69) is 9.47 Å². The van der Waals surface area contributed by atoms with Gasteiger partial charge < -0.3 is 9.47 Å². The Kier molecular flexibility index (Phi) is 3.80. The number of esters is 2. The van der Waals surface area contributed by atoms with E-state index in [-0.39, 0.29) is 18.1 Å². The summed E-state index contributed by atoms with van der Waals surface area (Å²) in [6, 6.07) is 2.53. The molecule has 0 aromatic heterocycles. The number of hydrogen-bond donors (Lipinski definition) is 0. The molecular weight excluding hydrogens is 253 g/mol. The minimum atomic E-state index is -0.573. The van der Waals surface area contributed by atoms with Crippen molar-refractivity contribution in [3.8, 4) is 0 Å². The third-order valence-corrected chi connectivity index (χ3v) is 3.07. The molecule has 0 saturated heterocycles. The van der Waals surface area contributed by atoms with Gasteiger partial charge in [0.1, 0.15) is 5.82 Å². The molecule has 5 nitrogen and oxygen atoms in total. The molecule has 6 heteroatoms. The highest BCUT2D eigenvalue weighted by Crippen LogP contribution is 2.27. The van der Waals surface area contributed by atoms with Crippen LogP contribution in [-0.2, 0) is 27.4 Å². The minimum Gasteiger partial charge on any atom is -0.468 e. The van der Waals surface area contributed by atoms with E-state index in [1.807, 2.05) is 0 Å². The van der Waals surface area contributed by atoms with Crippen molar-refractivity contribution in [1.29, 1.82) is 0 Å². The maximum absolute atomic E-state index is 13.5. The Morgan fingerprint density at radius 1 is 1.26 bits per heavy atom. The third-order valence-electron chi connectivity index (χ3n) is 3.07. The largest absolute Gasteiger partial charge is 0.468 e. The van der Waals surface area contributed by atoms with Crippen LogP contribution in [0.4, 0.5) is 4.39 Å². The van der Waals surface area contributed by atoms with Crippen LogP contribution in [0.2, 0.25) is 0 Å². The molecule has 1 heterocycles. The number of carbonyl (C=O) groups excluding carboxylic acids is 2. The summed E-state index contributed by atoms with van der Waals surface area (Å²) in [5, 5.41) is 0. The van der Waals surface area contributed by atoms with E-state index in [1.54, 1.807) is 4.90 Å². The first-order chi connectivity index (χ1) is 9.05. The zero-order valence-electron chi connectivity index (χ0n) is 10.7. The maximum atomic E-state index is 13.5. The molecule has 0 N–H and O–H groups in total. The van der Waals surface area contributed by atoms with Crippen molar-refractivity contribution >= 4 is 11.9 Å². The summed E-state index contributed by atoms with van der Waals surface area (Å²) in [4.78, 5) is 24.6. The van der Waals surface area contributed by atoms with Crippen LogP contribution in [0.5, 0.6) is 0 Å². The second-order valence-electron chi connectivity index (χ2n) is 4.30. The van der Waals surface area contributed by atoms with Crippen LogP contribution in [0.15, 0.2) is 12.1 Å². The third kappa shape index (κ3) is 2.73. The standard InChI is InChI=1S/C13H14FNO4/c1-18-12(16)7-15-5-8-3-9(14)4-10(11(8)6-15)13(17)19-2/h3-4H,5-7H2,1-2H3. The highest BCUT2D eigenvalue weighted by atomic mass is 19.1. The van der Waals surface area contributed by atoms with Gasteiger partial charge in [0.05, 0.1) is 26.3 Å². The van der Waals surface area contributed by atoms with E-state index >= 15 is 0 Å². The SMILES string of the molecule is COC(=O)CN1Cc2cc(F)cc(C(=O)OC)c2C1. The molecule has 0 spiro atoms. The van der Waals surface area contributed by atoms with Gasteiger partial charge in [-0.05, 0) is 23.3 Å². The first-order valence-corrected chi connectivity index (χ1v) is 5.74. The average molecular weight is 267 g/mol. The van der Waals surface area contributed by atoms with Crippen molar-refractivity contribution in [1.82, 2.24) is 4.90 Å². The topological polar surface area (TPSA) is 55.8 Å². The number of carbonyl (C=O) groups is 2. The number of hydrogen-bond acceptors (Lipinski definition) is 5. The lowest BCUT2D eigenvalue weighted by Gasteiger charge is -2.12. The lowest BCUT2D eigenvalue weighted by atomic mass is 10.0. The Morgan fingerprint density at radius 2 is 2.00 bits per heavy atom. The van der Waals surface area contributed by atoms with Gasteiger partial charge in [-0.3, -0.25) is 9.69 Å². The predicted octanol–water partition coefficient (Wildman–Crippen LogP) is 1.10. The average Bonchev–Trinajstić information content (AvgIpc) is 2.78. The highest BCUT2D eigenvalue weighted by Gasteiger charge is 2.27. The molecule has 0 unspecified atom stereocenters. The van der Waals surface area contributed by atoms with Crippen molar-refractivity contribution in [2.24, 2.45) is 0 Å². The number of benzene rings is 1. The zero-order valence-corrected chi connectivity index (χ0v) is 10.7. The van der Waals surface area contributed by atoms with E-state index in [1.165, 1.54) is 20.3 Å². The van der Waals surface area contributed by atoms with Crippen molar-refractivity contribution < 1.29 is 23.5 Å². The number of halogens is 1. The molecule has 0 fully saturated rings. The minimum absolute atomic E-state index is 0.105. The normalized spacial score (nSPS) is 14.1. The van der Waals surface area contributed by atoms with E-state index in [9.17, 15) is 14.0 Å². The van der Waals surface area contributed by atoms with Gasteiger partial charge in [0.25, 0.3) is 0 Å². The Bertz CT molecular complexity index is 530. The predicted molar refractivity (Wildman–Crippen MR) is 63.9 cm³/mol. The molecule has 0 atom stereocenters. The second kappa shape index (κ2) is 5.36. The molecule has 2 rings (SSSR count). The molecular formula is C13H14FNO4. The molecule has 102 valence electrons. The fraction of sp³-hybridized carbons (Fsp3) is 0.385. The first-order valence-electron chi connectivity index (χ1n) is 5.74. The molecule has 0 amide bonds. The van der Waals surface area contributed by atoms with Crippen LogP contribution in [0, 0.1) is 5.82 Å². The van der Waals surface area contributed by atoms with E-state index in [4.69, 9.17) is 0 Å². The fourth-order valence-corrected chi connectivity index (χ4v) is 2.19. The Balaban J connectivity index is 2.27. The van der Waals surface area contributed by atoms with Crippen LogP contribution in [-0.4, -0.2) is 37.6 Å². The van der Waals surface area contributed by atoms with E-state index < -0.39 is 11.8 Å². The maximum Gasteiger partial charge on any atom is 0.338 e. The Morgan fingerprint density at radius 3 is 2.63 bits per heavy atom. The number of nitrogens with zero attached hydrogens (tertiary/aromatic N) is 1. The van der Waals surface area contributed by atoms with Gasteiger partial charge in [-0.25, -0.2) is 9.18 Å². The van der Waals surface area contributed by atoms with Gasteiger partial charge in [0.2, 0.25) is 0 Å². The van der Waals surface area contributed by atoms with Crippen molar-refractivity contribution in [2.75, 3.05) is 20.8 Å². The van der Waals surface area contributed by atoms with Crippen LogP contribution in [0.25, 0.3) is 0 Å². The molecule has 0 saturated carbocycles. The van der Waals surface area contributed by atoms with Crippen LogP contribution >= 0.6 is 0 Å². The summed E-state index contributed by atoms with van der Waals surface area (Å²) in [6.45, 7) is 0.911. The van der Waals surface area contributed by atoms with Gasteiger partial charge >= 0.3 is 11.9 Å². The number of methoxy groups -OCH3 is 2. The highest BCUT2D eigenvalue weighted by molar-refractivity contribution is 5.91. The molecule has 0 aliphatic carbocycles. The Labute approximate surface area is 109 Å². The van der Waals surface area contributed by atoms with Gasteiger partial charge in [-0.1, -0.05) is 0 Å². The number of fused-ring (bicyclic) bond motifs is 1. The number of rotatable bonds is 3. The zero-order chi connectivity index (χ0) is 14.0. The van der Waals surface area contributed by atoms with Gasteiger partial charge in [0.15, 0.2) is 0 Å². The molecule has 1 aliphatic heterocycles. The van der Waals surface area contributed by atoms with Crippen LogP contribution in [0.1, 0.15) is 21.5 Å². The molecule has 1 aromatic rings. The van der Waals surface area contributed by atoms with Gasteiger partial charge in [-0.2, -0.15) is 0 Å². The molecule has 1 aliphatic rings. The van der Waals surface area contributed by atoms with Gasteiger partial charge in [0, 0.05) is 13.1 Å². The monoisotopic (exact) mass is 267 g/mol. The Hall–Kier alpha value is -1.95. The quantitative estimate of drug-likeness (QED) is 0.768. The van der Waals surface area contributed by atoms with E-state index in [0.717, 1.165) is 6.07 Å².